The molecule has 2 heteroatoms. The second kappa shape index (κ2) is 5.14. The summed E-state index contributed by atoms with van der Waals surface area (Å²) >= 11 is 0. The van der Waals surface area contributed by atoms with Crippen LogP contribution in [0.2, 0.25) is 0 Å². The minimum absolute atomic E-state index is 0.566. The summed E-state index contributed by atoms with van der Waals surface area (Å²) in [5.74, 6) is 0. The quantitative estimate of drug-likeness (QED) is 0.655. The third-order valence-electron chi connectivity index (χ3n) is 3.98. The van der Waals surface area contributed by atoms with Crippen LogP contribution < -0.4 is 5.73 Å². The van der Waals surface area contributed by atoms with Crippen molar-refractivity contribution in [1.82, 2.24) is 0 Å². The van der Waals surface area contributed by atoms with Gasteiger partial charge in [0, 0.05) is 16.7 Å². The first-order valence-corrected chi connectivity index (χ1v) is 6.70. The minimum atomic E-state index is -1.22. The Morgan fingerprint density at radius 1 is 1.00 bits per heavy atom. The molecule has 0 unspecified atom stereocenters. The molecule has 2 nitrogen and oxygen atoms in total. The Bertz CT molecular complexity index is 604. The molecule has 0 heterocycles. The summed E-state index contributed by atoms with van der Waals surface area (Å²) in [5.41, 5.74) is 6.41. The number of para-hydroxylation sites is 1. The fraction of sp³-hybridized carbons (Fsp3) is 0.222. The second-order valence-electron chi connectivity index (χ2n) is 5.59. The zero-order valence-electron chi connectivity index (χ0n) is 12.0. The topological polar surface area (TPSA) is 46.2 Å². The van der Waals surface area contributed by atoms with Crippen LogP contribution in [-0.4, -0.2) is 5.11 Å². The van der Waals surface area contributed by atoms with E-state index in [1.165, 1.54) is 0 Å². The summed E-state index contributed by atoms with van der Waals surface area (Å²) in [6.07, 6.45) is 1.77. The number of anilines is 1. The molecule has 0 saturated heterocycles. The molecule has 0 aliphatic carbocycles. The van der Waals surface area contributed by atoms with Crippen molar-refractivity contribution in [2.24, 2.45) is 5.41 Å². The van der Waals surface area contributed by atoms with Crippen LogP contribution in [0.3, 0.4) is 0 Å². The standard InChI is InChI=1S/C18H21NO/c1-4-17(2,3)18(20,14-10-6-5-7-11-14)15-12-8-9-13-16(15)19/h4-13,20H,1,19H2,2-3H3/t18-/m0/s1. The summed E-state index contributed by atoms with van der Waals surface area (Å²) in [6, 6.07) is 17.0. The largest absolute Gasteiger partial charge is 0.398 e. The molecule has 0 aliphatic heterocycles. The van der Waals surface area contributed by atoms with Crippen LogP contribution in [0.1, 0.15) is 25.0 Å². The van der Waals surface area contributed by atoms with Crippen LogP contribution in [0.4, 0.5) is 5.69 Å². The normalized spacial score (nSPS) is 14.6. The van der Waals surface area contributed by atoms with E-state index in [-0.39, 0.29) is 0 Å². The van der Waals surface area contributed by atoms with Gasteiger partial charge in [0.1, 0.15) is 5.60 Å². The van der Waals surface area contributed by atoms with E-state index < -0.39 is 11.0 Å². The van der Waals surface area contributed by atoms with Gasteiger partial charge in [0.15, 0.2) is 0 Å². The Morgan fingerprint density at radius 3 is 2.10 bits per heavy atom. The third-order valence-corrected chi connectivity index (χ3v) is 3.98. The summed E-state index contributed by atoms with van der Waals surface area (Å²) in [5, 5.41) is 11.5. The van der Waals surface area contributed by atoms with Crippen molar-refractivity contribution in [2.45, 2.75) is 19.4 Å². The molecule has 2 aromatic carbocycles. The maximum absolute atomic E-state index is 11.5. The van der Waals surface area contributed by atoms with Crippen molar-refractivity contribution in [3.05, 3.63) is 78.4 Å². The smallest absolute Gasteiger partial charge is 0.125 e. The van der Waals surface area contributed by atoms with E-state index >= 15 is 0 Å². The Kier molecular flexibility index (Phi) is 3.69. The van der Waals surface area contributed by atoms with Crippen LogP contribution in [0, 0.1) is 5.41 Å². The molecule has 0 saturated carbocycles. The van der Waals surface area contributed by atoms with Crippen LogP contribution in [0.15, 0.2) is 67.3 Å². The van der Waals surface area contributed by atoms with Gasteiger partial charge in [-0.05, 0) is 11.6 Å². The highest BCUT2D eigenvalue weighted by Crippen LogP contribution is 2.47. The van der Waals surface area contributed by atoms with Crippen molar-refractivity contribution < 1.29 is 5.11 Å². The zero-order chi connectivity index (χ0) is 14.8. The Labute approximate surface area is 120 Å². The zero-order valence-corrected chi connectivity index (χ0v) is 12.0. The Morgan fingerprint density at radius 2 is 1.55 bits per heavy atom. The predicted octanol–water partition coefficient (Wildman–Crippen LogP) is 3.72. The number of rotatable bonds is 4. The average Bonchev–Trinajstić information content (AvgIpc) is 2.47. The first kappa shape index (κ1) is 14.4. The molecule has 3 N–H and O–H groups in total. The first-order valence-electron chi connectivity index (χ1n) is 6.70. The Hall–Kier alpha value is -2.06. The van der Waals surface area contributed by atoms with Crippen LogP contribution >= 0.6 is 0 Å². The van der Waals surface area contributed by atoms with Crippen molar-refractivity contribution in [3.63, 3.8) is 0 Å². The Balaban J connectivity index is 2.75. The third kappa shape index (κ3) is 2.12. The van der Waals surface area contributed by atoms with Crippen molar-refractivity contribution in [1.29, 1.82) is 0 Å². The molecule has 0 spiro atoms. The van der Waals surface area contributed by atoms with Crippen LogP contribution in [-0.2, 0) is 5.60 Å². The minimum Gasteiger partial charge on any atom is -0.398 e. The maximum atomic E-state index is 11.5. The predicted molar refractivity (Wildman–Crippen MR) is 84.3 cm³/mol. The molecule has 0 aromatic heterocycles. The fourth-order valence-corrected chi connectivity index (χ4v) is 2.53. The van der Waals surface area contributed by atoms with E-state index in [1.807, 2.05) is 68.4 Å². The first-order chi connectivity index (χ1) is 9.43. The fourth-order valence-electron chi connectivity index (χ4n) is 2.53. The highest BCUT2D eigenvalue weighted by molar-refractivity contribution is 5.55. The number of nitrogens with two attached hydrogens (primary N) is 1. The molecule has 2 rings (SSSR count). The van der Waals surface area contributed by atoms with Crippen LogP contribution in [0.25, 0.3) is 0 Å². The highest BCUT2D eigenvalue weighted by atomic mass is 16.3. The number of hydrogen-bond acceptors (Lipinski definition) is 2. The average molecular weight is 267 g/mol. The van der Waals surface area contributed by atoms with E-state index in [1.54, 1.807) is 6.08 Å². The molecule has 2 aromatic rings. The lowest BCUT2D eigenvalue weighted by molar-refractivity contribution is -0.00826. The van der Waals surface area contributed by atoms with E-state index in [9.17, 15) is 5.11 Å². The molecule has 20 heavy (non-hydrogen) atoms. The number of nitrogen functional groups attached to an aromatic ring is 1. The summed E-state index contributed by atoms with van der Waals surface area (Å²) in [6.45, 7) is 7.79. The molecular formula is C18H21NO. The van der Waals surface area contributed by atoms with Crippen molar-refractivity contribution >= 4 is 5.69 Å². The molecule has 0 aliphatic rings. The molecule has 0 fully saturated rings. The lowest BCUT2D eigenvalue weighted by atomic mass is 9.67. The van der Waals surface area contributed by atoms with Gasteiger partial charge < -0.3 is 10.8 Å². The highest BCUT2D eigenvalue weighted by Gasteiger charge is 2.45. The van der Waals surface area contributed by atoms with Gasteiger partial charge in [-0.15, -0.1) is 6.58 Å². The van der Waals surface area contributed by atoms with Gasteiger partial charge in [0.2, 0.25) is 0 Å². The number of benzene rings is 2. The van der Waals surface area contributed by atoms with Gasteiger partial charge in [-0.25, -0.2) is 0 Å². The van der Waals surface area contributed by atoms with E-state index in [0.717, 1.165) is 5.56 Å². The van der Waals surface area contributed by atoms with E-state index in [4.69, 9.17) is 5.73 Å². The van der Waals surface area contributed by atoms with E-state index in [2.05, 4.69) is 6.58 Å². The summed E-state index contributed by atoms with van der Waals surface area (Å²) < 4.78 is 0. The second-order valence-corrected chi connectivity index (χ2v) is 5.59. The van der Waals surface area contributed by atoms with Crippen molar-refractivity contribution in [3.8, 4) is 0 Å². The van der Waals surface area contributed by atoms with E-state index in [0.29, 0.717) is 11.3 Å². The van der Waals surface area contributed by atoms with Gasteiger partial charge in [-0.3, -0.25) is 0 Å². The molecule has 1 atom stereocenters. The lowest BCUT2D eigenvalue weighted by Gasteiger charge is -2.42. The van der Waals surface area contributed by atoms with Gasteiger partial charge >= 0.3 is 0 Å². The summed E-state index contributed by atoms with van der Waals surface area (Å²) in [4.78, 5) is 0. The molecular weight excluding hydrogens is 246 g/mol. The van der Waals surface area contributed by atoms with Gasteiger partial charge in [-0.1, -0.05) is 68.5 Å². The molecule has 0 bridgehead atoms. The van der Waals surface area contributed by atoms with Crippen molar-refractivity contribution in [2.75, 3.05) is 5.73 Å². The van der Waals surface area contributed by atoms with Crippen LogP contribution in [0.5, 0.6) is 0 Å². The summed E-state index contributed by atoms with van der Waals surface area (Å²) in [7, 11) is 0. The maximum Gasteiger partial charge on any atom is 0.125 e. The number of aliphatic hydroxyl groups is 1. The monoisotopic (exact) mass is 267 g/mol. The molecule has 104 valence electrons. The van der Waals surface area contributed by atoms with Gasteiger partial charge in [0.25, 0.3) is 0 Å². The molecule has 0 amide bonds. The van der Waals surface area contributed by atoms with Gasteiger partial charge in [-0.2, -0.15) is 0 Å². The number of hydrogen-bond donors (Lipinski definition) is 2. The SMILES string of the molecule is C=CC(C)(C)[C@](O)(c1ccccc1)c1ccccc1N. The molecule has 0 radical (unpaired) electrons. The van der Waals surface area contributed by atoms with Gasteiger partial charge in [0.05, 0.1) is 0 Å². The lowest BCUT2D eigenvalue weighted by Crippen LogP contribution is -2.42.